The molecule has 1 N–H and O–H groups in total. The summed E-state index contributed by atoms with van der Waals surface area (Å²) < 4.78 is 1.31. The van der Waals surface area contributed by atoms with Gasteiger partial charge < -0.3 is 5.32 Å². The molecular formula is C17H18Cl2IN. The zero-order valence-corrected chi connectivity index (χ0v) is 15.8. The summed E-state index contributed by atoms with van der Waals surface area (Å²) in [6.45, 7) is 5.18. The van der Waals surface area contributed by atoms with E-state index in [1.165, 1.54) is 14.7 Å². The minimum absolute atomic E-state index is 0.250. The predicted molar refractivity (Wildman–Crippen MR) is 100 cm³/mol. The van der Waals surface area contributed by atoms with Crippen molar-refractivity contribution in [1.82, 2.24) is 5.32 Å². The van der Waals surface area contributed by atoms with Crippen molar-refractivity contribution >= 4 is 45.8 Å². The first kappa shape index (κ1) is 17.1. The second-order valence-corrected chi connectivity index (χ2v) is 6.95. The molecule has 2 aromatic carbocycles. The van der Waals surface area contributed by atoms with Crippen LogP contribution in [0.2, 0.25) is 10.0 Å². The van der Waals surface area contributed by atoms with Crippen LogP contribution in [0.5, 0.6) is 0 Å². The van der Waals surface area contributed by atoms with E-state index in [9.17, 15) is 0 Å². The van der Waals surface area contributed by atoms with Gasteiger partial charge in [-0.25, -0.2) is 0 Å². The quantitative estimate of drug-likeness (QED) is 0.587. The monoisotopic (exact) mass is 433 g/mol. The molecule has 0 aliphatic heterocycles. The van der Waals surface area contributed by atoms with Gasteiger partial charge in [-0.05, 0) is 71.3 Å². The standard InChI is InChI=1S/C17H18Cl2IN/c1-3-21-16(14-6-4-5-11(2)17(14)20)9-12-7-8-13(18)10-15(12)19/h4-8,10,16,21H,3,9H2,1-2H3. The van der Waals surface area contributed by atoms with E-state index >= 15 is 0 Å². The number of halogens is 3. The molecule has 0 aliphatic carbocycles. The highest BCUT2D eigenvalue weighted by Crippen LogP contribution is 2.29. The molecule has 0 bridgehead atoms. The lowest BCUT2D eigenvalue weighted by Gasteiger charge is -2.21. The fourth-order valence-corrected chi connectivity index (χ4v) is 3.61. The lowest BCUT2D eigenvalue weighted by atomic mass is 9.97. The van der Waals surface area contributed by atoms with Gasteiger partial charge in [0.25, 0.3) is 0 Å². The van der Waals surface area contributed by atoms with Crippen molar-refractivity contribution in [2.75, 3.05) is 6.54 Å². The summed E-state index contributed by atoms with van der Waals surface area (Å²) in [7, 11) is 0. The third kappa shape index (κ3) is 4.35. The number of benzene rings is 2. The Morgan fingerprint density at radius 1 is 1.19 bits per heavy atom. The highest BCUT2D eigenvalue weighted by Gasteiger charge is 2.16. The van der Waals surface area contributed by atoms with Crippen LogP contribution in [-0.4, -0.2) is 6.54 Å². The molecule has 0 saturated carbocycles. The first-order valence-electron chi connectivity index (χ1n) is 6.95. The van der Waals surface area contributed by atoms with E-state index < -0.39 is 0 Å². The molecule has 2 rings (SSSR count). The molecule has 0 fully saturated rings. The van der Waals surface area contributed by atoms with Crippen molar-refractivity contribution in [2.45, 2.75) is 26.3 Å². The minimum atomic E-state index is 0.250. The van der Waals surface area contributed by atoms with E-state index in [0.29, 0.717) is 5.02 Å². The smallest absolute Gasteiger partial charge is 0.0453 e. The molecule has 21 heavy (non-hydrogen) atoms. The van der Waals surface area contributed by atoms with Gasteiger partial charge in [-0.3, -0.25) is 0 Å². The fraction of sp³-hybridized carbons (Fsp3) is 0.294. The Bertz CT molecular complexity index is 628. The molecule has 4 heteroatoms. The maximum Gasteiger partial charge on any atom is 0.0453 e. The Hall–Kier alpha value is -0.290. The van der Waals surface area contributed by atoms with E-state index in [1.54, 1.807) is 0 Å². The largest absolute Gasteiger partial charge is 0.310 e. The number of likely N-dealkylation sites (N-methyl/N-ethyl adjacent to an activating group) is 1. The van der Waals surface area contributed by atoms with Crippen molar-refractivity contribution in [3.8, 4) is 0 Å². The second kappa shape index (κ2) is 7.82. The van der Waals surface area contributed by atoms with Crippen LogP contribution < -0.4 is 5.32 Å². The predicted octanol–water partition coefficient (Wildman–Crippen LogP) is 5.80. The van der Waals surface area contributed by atoms with E-state index in [2.05, 4.69) is 60.0 Å². The van der Waals surface area contributed by atoms with Gasteiger partial charge in [0.2, 0.25) is 0 Å². The third-order valence-corrected chi connectivity index (χ3v) is 5.55. The zero-order valence-electron chi connectivity index (χ0n) is 12.1. The van der Waals surface area contributed by atoms with Gasteiger partial charge in [-0.2, -0.15) is 0 Å². The molecule has 1 unspecified atom stereocenters. The minimum Gasteiger partial charge on any atom is -0.310 e. The Balaban J connectivity index is 2.33. The van der Waals surface area contributed by atoms with Crippen LogP contribution in [0.1, 0.15) is 29.7 Å². The van der Waals surface area contributed by atoms with Crippen molar-refractivity contribution < 1.29 is 0 Å². The molecule has 112 valence electrons. The van der Waals surface area contributed by atoms with Crippen molar-refractivity contribution in [2.24, 2.45) is 0 Å². The highest BCUT2D eigenvalue weighted by molar-refractivity contribution is 14.1. The molecule has 0 saturated heterocycles. The first-order valence-corrected chi connectivity index (χ1v) is 8.78. The van der Waals surface area contributed by atoms with Crippen LogP contribution in [0.15, 0.2) is 36.4 Å². The van der Waals surface area contributed by atoms with Crippen molar-refractivity contribution in [1.29, 1.82) is 0 Å². The molecule has 0 amide bonds. The second-order valence-electron chi connectivity index (χ2n) is 5.03. The van der Waals surface area contributed by atoms with Gasteiger partial charge >= 0.3 is 0 Å². The average molecular weight is 434 g/mol. The Labute approximate surface area is 150 Å². The highest BCUT2D eigenvalue weighted by atomic mass is 127. The molecule has 1 atom stereocenters. The third-order valence-electron chi connectivity index (χ3n) is 3.49. The van der Waals surface area contributed by atoms with Crippen LogP contribution >= 0.6 is 45.8 Å². The van der Waals surface area contributed by atoms with Crippen molar-refractivity contribution in [3.63, 3.8) is 0 Å². The van der Waals surface area contributed by atoms with E-state index in [0.717, 1.165) is 23.6 Å². The maximum atomic E-state index is 6.32. The topological polar surface area (TPSA) is 12.0 Å². The van der Waals surface area contributed by atoms with Gasteiger partial charge in [0, 0.05) is 19.7 Å². The van der Waals surface area contributed by atoms with E-state index in [4.69, 9.17) is 23.2 Å². The van der Waals surface area contributed by atoms with Gasteiger partial charge in [-0.15, -0.1) is 0 Å². The van der Waals surface area contributed by atoms with Gasteiger partial charge in [-0.1, -0.05) is 54.4 Å². The molecule has 1 nitrogen and oxygen atoms in total. The maximum absolute atomic E-state index is 6.32. The van der Waals surface area contributed by atoms with Crippen LogP contribution in [0.4, 0.5) is 0 Å². The number of hydrogen-bond donors (Lipinski definition) is 1. The molecule has 0 radical (unpaired) electrons. The van der Waals surface area contributed by atoms with Crippen LogP contribution in [0.3, 0.4) is 0 Å². The molecule has 0 spiro atoms. The number of aryl methyl sites for hydroxylation is 1. The lowest BCUT2D eigenvalue weighted by Crippen LogP contribution is -2.24. The lowest BCUT2D eigenvalue weighted by molar-refractivity contribution is 0.547. The van der Waals surface area contributed by atoms with Crippen LogP contribution in [0.25, 0.3) is 0 Å². The fourth-order valence-electron chi connectivity index (χ4n) is 2.38. The Morgan fingerprint density at radius 2 is 1.95 bits per heavy atom. The van der Waals surface area contributed by atoms with Crippen molar-refractivity contribution in [3.05, 3.63) is 66.7 Å². The SMILES string of the molecule is CCNC(Cc1ccc(Cl)cc1Cl)c1cccc(C)c1I. The van der Waals surface area contributed by atoms with Gasteiger partial charge in [0.1, 0.15) is 0 Å². The first-order chi connectivity index (χ1) is 10.0. The summed E-state index contributed by atoms with van der Waals surface area (Å²) in [6.07, 6.45) is 0.850. The summed E-state index contributed by atoms with van der Waals surface area (Å²) in [4.78, 5) is 0. The average Bonchev–Trinajstić information content (AvgIpc) is 2.44. The van der Waals surface area contributed by atoms with Gasteiger partial charge in [0.05, 0.1) is 0 Å². The summed E-state index contributed by atoms with van der Waals surface area (Å²) in [5.41, 5.74) is 3.74. The summed E-state index contributed by atoms with van der Waals surface area (Å²) in [6, 6.07) is 12.4. The molecule has 0 aromatic heterocycles. The van der Waals surface area contributed by atoms with Crippen LogP contribution in [0, 0.1) is 10.5 Å². The van der Waals surface area contributed by atoms with Gasteiger partial charge in [0.15, 0.2) is 0 Å². The molecule has 2 aromatic rings. The van der Waals surface area contributed by atoms with E-state index in [1.807, 2.05) is 18.2 Å². The number of rotatable bonds is 5. The van der Waals surface area contributed by atoms with Crippen LogP contribution in [-0.2, 0) is 6.42 Å². The summed E-state index contributed by atoms with van der Waals surface area (Å²) in [5.74, 6) is 0. The molecule has 0 aliphatic rings. The zero-order chi connectivity index (χ0) is 15.4. The molecular weight excluding hydrogens is 416 g/mol. The number of nitrogens with one attached hydrogen (secondary N) is 1. The molecule has 0 heterocycles. The number of hydrogen-bond acceptors (Lipinski definition) is 1. The summed E-state index contributed by atoms with van der Waals surface area (Å²) >= 11 is 14.7. The van der Waals surface area contributed by atoms with E-state index in [-0.39, 0.29) is 6.04 Å². The normalized spacial score (nSPS) is 12.4. The Kier molecular flexibility index (Phi) is 6.35. The Morgan fingerprint density at radius 3 is 2.62 bits per heavy atom. The summed E-state index contributed by atoms with van der Waals surface area (Å²) in [5, 5.41) is 4.97.